The molecule has 0 unspecified atom stereocenters. The highest BCUT2D eigenvalue weighted by atomic mass is 79.9. The van der Waals surface area contributed by atoms with Crippen molar-refractivity contribution in [1.82, 2.24) is 9.80 Å². The molecule has 0 N–H and O–H groups in total. The van der Waals surface area contributed by atoms with Gasteiger partial charge in [-0.2, -0.15) is 0 Å². The summed E-state index contributed by atoms with van der Waals surface area (Å²) in [7, 11) is 0. The van der Waals surface area contributed by atoms with E-state index in [1.807, 2.05) is 22.4 Å². The quantitative estimate of drug-likeness (QED) is 0.774. The van der Waals surface area contributed by atoms with E-state index in [-0.39, 0.29) is 11.8 Å². The molecule has 0 radical (unpaired) electrons. The number of hydrogen-bond donors (Lipinski definition) is 0. The summed E-state index contributed by atoms with van der Waals surface area (Å²) in [5, 5.41) is 2.25. The lowest BCUT2D eigenvalue weighted by Crippen LogP contribution is -2.50. The molecule has 1 aliphatic rings. The summed E-state index contributed by atoms with van der Waals surface area (Å²) in [5.74, 6) is 0.166. The van der Waals surface area contributed by atoms with Gasteiger partial charge in [-0.15, -0.1) is 11.3 Å². The fourth-order valence-electron chi connectivity index (χ4n) is 1.80. The molecule has 2 amide bonds. The average molecular weight is 317 g/mol. The van der Waals surface area contributed by atoms with Crippen LogP contribution in [0.15, 0.2) is 17.5 Å². The van der Waals surface area contributed by atoms with Crippen molar-refractivity contribution in [3.05, 3.63) is 22.4 Å². The van der Waals surface area contributed by atoms with Crippen LogP contribution in [-0.2, 0) is 4.79 Å². The molecule has 2 heterocycles. The largest absolute Gasteiger partial charge is 0.338 e. The first-order valence-electron chi connectivity index (χ1n) is 5.39. The third-order valence-electron chi connectivity index (χ3n) is 2.77. The summed E-state index contributed by atoms with van der Waals surface area (Å²) in [4.78, 5) is 27.8. The first-order valence-corrected chi connectivity index (χ1v) is 7.39. The summed E-state index contributed by atoms with van der Waals surface area (Å²) in [6, 6.07) is 3.71. The van der Waals surface area contributed by atoms with E-state index in [4.69, 9.17) is 0 Å². The van der Waals surface area contributed by atoms with Crippen LogP contribution < -0.4 is 0 Å². The Kier molecular flexibility index (Phi) is 4.17. The van der Waals surface area contributed by atoms with Crippen LogP contribution in [0, 0.1) is 0 Å². The third kappa shape index (κ3) is 2.87. The first kappa shape index (κ1) is 12.6. The van der Waals surface area contributed by atoms with E-state index < -0.39 is 0 Å². The Morgan fingerprint density at radius 2 is 1.88 bits per heavy atom. The molecule has 1 saturated heterocycles. The fourth-order valence-corrected chi connectivity index (χ4v) is 2.84. The Hall–Kier alpha value is -0.880. The lowest BCUT2D eigenvalue weighted by molar-refractivity contribution is -0.129. The Bertz CT molecular complexity index is 400. The van der Waals surface area contributed by atoms with Gasteiger partial charge in [0, 0.05) is 26.2 Å². The van der Waals surface area contributed by atoms with Gasteiger partial charge in [0.15, 0.2) is 0 Å². The highest BCUT2D eigenvalue weighted by Gasteiger charge is 2.24. The van der Waals surface area contributed by atoms with E-state index in [0.717, 1.165) is 4.88 Å². The Morgan fingerprint density at radius 3 is 2.41 bits per heavy atom. The maximum atomic E-state index is 12.0. The Morgan fingerprint density at radius 1 is 1.24 bits per heavy atom. The van der Waals surface area contributed by atoms with Crippen molar-refractivity contribution in [3.8, 4) is 0 Å². The van der Waals surface area contributed by atoms with Crippen LogP contribution >= 0.6 is 27.3 Å². The molecule has 0 spiro atoms. The van der Waals surface area contributed by atoms with Crippen LogP contribution in [-0.4, -0.2) is 53.1 Å². The number of carbonyl (C=O) groups excluding carboxylic acids is 2. The van der Waals surface area contributed by atoms with Gasteiger partial charge in [0.1, 0.15) is 0 Å². The zero-order valence-electron chi connectivity index (χ0n) is 9.26. The maximum absolute atomic E-state index is 12.0. The lowest BCUT2D eigenvalue weighted by atomic mass is 10.3. The lowest BCUT2D eigenvalue weighted by Gasteiger charge is -2.34. The van der Waals surface area contributed by atoms with Gasteiger partial charge in [-0.05, 0) is 11.4 Å². The summed E-state index contributed by atoms with van der Waals surface area (Å²) < 4.78 is 0. The predicted octanol–water partition coefficient (Wildman–Crippen LogP) is 1.43. The van der Waals surface area contributed by atoms with Crippen molar-refractivity contribution in [2.45, 2.75) is 0 Å². The van der Waals surface area contributed by atoms with E-state index in [2.05, 4.69) is 15.9 Å². The Balaban J connectivity index is 1.91. The van der Waals surface area contributed by atoms with Crippen molar-refractivity contribution in [3.63, 3.8) is 0 Å². The van der Waals surface area contributed by atoms with Crippen molar-refractivity contribution in [2.24, 2.45) is 0 Å². The normalized spacial score (nSPS) is 16.1. The second-order valence-corrected chi connectivity index (χ2v) is 5.29. The average Bonchev–Trinajstić information content (AvgIpc) is 2.91. The minimum Gasteiger partial charge on any atom is -0.338 e. The molecule has 6 heteroatoms. The fraction of sp³-hybridized carbons (Fsp3) is 0.455. The highest BCUT2D eigenvalue weighted by Crippen LogP contribution is 2.14. The molecule has 0 saturated carbocycles. The highest BCUT2D eigenvalue weighted by molar-refractivity contribution is 9.09. The number of halogens is 1. The van der Waals surface area contributed by atoms with Crippen LogP contribution in [0.2, 0.25) is 0 Å². The van der Waals surface area contributed by atoms with Gasteiger partial charge >= 0.3 is 0 Å². The molecule has 92 valence electrons. The molecule has 1 aromatic heterocycles. The topological polar surface area (TPSA) is 40.6 Å². The van der Waals surface area contributed by atoms with Crippen LogP contribution in [0.4, 0.5) is 0 Å². The van der Waals surface area contributed by atoms with Crippen molar-refractivity contribution in [2.75, 3.05) is 31.5 Å². The van der Waals surface area contributed by atoms with E-state index in [1.54, 1.807) is 4.90 Å². The summed E-state index contributed by atoms with van der Waals surface area (Å²) in [6.07, 6.45) is 0. The van der Waals surface area contributed by atoms with Crippen LogP contribution in [0.3, 0.4) is 0 Å². The maximum Gasteiger partial charge on any atom is 0.264 e. The summed E-state index contributed by atoms with van der Waals surface area (Å²) in [6.45, 7) is 2.49. The Labute approximate surface area is 112 Å². The number of nitrogens with zero attached hydrogens (tertiary/aromatic N) is 2. The molecule has 0 bridgehead atoms. The van der Waals surface area contributed by atoms with Crippen molar-refractivity contribution in [1.29, 1.82) is 0 Å². The third-order valence-corrected chi connectivity index (χ3v) is 4.10. The first-order chi connectivity index (χ1) is 8.22. The molecule has 1 aromatic rings. The second-order valence-electron chi connectivity index (χ2n) is 3.78. The minimum absolute atomic E-state index is 0.0749. The molecule has 2 rings (SSSR count). The molecular weight excluding hydrogens is 304 g/mol. The van der Waals surface area contributed by atoms with Gasteiger partial charge < -0.3 is 9.80 Å². The van der Waals surface area contributed by atoms with Gasteiger partial charge in [0.2, 0.25) is 5.91 Å². The van der Waals surface area contributed by atoms with Gasteiger partial charge in [0.05, 0.1) is 10.2 Å². The predicted molar refractivity (Wildman–Crippen MR) is 70.6 cm³/mol. The van der Waals surface area contributed by atoms with E-state index in [9.17, 15) is 9.59 Å². The molecule has 1 fully saturated rings. The number of piperazine rings is 1. The van der Waals surface area contributed by atoms with Gasteiger partial charge in [0.25, 0.3) is 5.91 Å². The van der Waals surface area contributed by atoms with Gasteiger partial charge in [-0.3, -0.25) is 9.59 Å². The van der Waals surface area contributed by atoms with E-state index >= 15 is 0 Å². The minimum atomic E-state index is 0.0749. The van der Waals surface area contributed by atoms with Crippen LogP contribution in [0.5, 0.6) is 0 Å². The number of carbonyl (C=O) groups is 2. The monoisotopic (exact) mass is 316 g/mol. The molecule has 0 aliphatic carbocycles. The van der Waals surface area contributed by atoms with E-state index in [1.165, 1.54) is 11.3 Å². The van der Waals surface area contributed by atoms with Crippen LogP contribution in [0.1, 0.15) is 9.67 Å². The molecule has 0 aromatic carbocycles. The number of thiophene rings is 1. The van der Waals surface area contributed by atoms with Gasteiger partial charge in [-0.25, -0.2) is 0 Å². The number of amides is 2. The number of alkyl halides is 1. The number of rotatable bonds is 2. The molecule has 17 heavy (non-hydrogen) atoms. The van der Waals surface area contributed by atoms with E-state index in [0.29, 0.717) is 31.5 Å². The summed E-state index contributed by atoms with van der Waals surface area (Å²) in [5.41, 5.74) is 0. The van der Waals surface area contributed by atoms with Crippen molar-refractivity contribution >= 4 is 39.1 Å². The second kappa shape index (κ2) is 5.64. The SMILES string of the molecule is O=C(CBr)N1CCN(C(=O)c2cccs2)CC1. The zero-order chi connectivity index (χ0) is 12.3. The summed E-state index contributed by atoms with van der Waals surface area (Å²) >= 11 is 4.61. The standard InChI is InChI=1S/C11H13BrN2O2S/c12-8-10(15)13-3-5-14(6-4-13)11(16)9-2-1-7-17-9/h1-2,7H,3-6,8H2. The van der Waals surface area contributed by atoms with Crippen molar-refractivity contribution < 1.29 is 9.59 Å². The van der Waals surface area contributed by atoms with Gasteiger partial charge in [-0.1, -0.05) is 22.0 Å². The molecular formula is C11H13BrN2O2S. The smallest absolute Gasteiger partial charge is 0.264 e. The molecule has 0 atom stereocenters. The zero-order valence-corrected chi connectivity index (χ0v) is 11.7. The molecule has 4 nitrogen and oxygen atoms in total. The van der Waals surface area contributed by atoms with Crippen LogP contribution in [0.25, 0.3) is 0 Å². The molecule has 1 aliphatic heterocycles. The number of hydrogen-bond acceptors (Lipinski definition) is 3.